The van der Waals surface area contributed by atoms with Crippen molar-refractivity contribution >= 4 is 5.91 Å². The molecule has 2 aromatic rings. The summed E-state index contributed by atoms with van der Waals surface area (Å²) in [4.78, 5) is 27.0. The largest absolute Gasteiger partial charge is 0.377 e. The molecule has 0 aliphatic carbocycles. The summed E-state index contributed by atoms with van der Waals surface area (Å²) in [5.74, 6) is 0.224. The molecule has 6 heteroatoms. The number of rotatable bonds is 7. The van der Waals surface area contributed by atoms with Crippen LogP contribution in [-0.2, 0) is 22.4 Å². The molecule has 2 aromatic heterocycles. The standard InChI is InChI=1S/C19H24N4O2/c24-19(3-1-2-16-6-8-20-9-7-16)23-12-13-25-15-18(23)5-4-17-14-21-10-11-22-17/h6-11,14,18H,1-5,12-13,15H2/t18-/m0/s1. The average molecular weight is 340 g/mol. The van der Waals surface area contributed by atoms with E-state index in [4.69, 9.17) is 4.74 Å². The number of hydrogen-bond acceptors (Lipinski definition) is 5. The number of amides is 1. The van der Waals surface area contributed by atoms with Crippen molar-refractivity contribution in [3.05, 3.63) is 54.4 Å². The molecule has 3 rings (SSSR count). The van der Waals surface area contributed by atoms with E-state index in [0.717, 1.165) is 31.4 Å². The van der Waals surface area contributed by atoms with Crippen LogP contribution < -0.4 is 0 Å². The van der Waals surface area contributed by atoms with E-state index in [1.165, 1.54) is 5.56 Å². The molecule has 1 fully saturated rings. The summed E-state index contributed by atoms with van der Waals surface area (Å²) in [5, 5.41) is 0. The van der Waals surface area contributed by atoms with Crippen LogP contribution in [0.1, 0.15) is 30.5 Å². The van der Waals surface area contributed by atoms with Gasteiger partial charge < -0.3 is 9.64 Å². The van der Waals surface area contributed by atoms with Crippen LogP contribution in [0.5, 0.6) is 0 Å². The van der Waals surface area contributed by atoms with E-state index in [9.17, 15) is 4.79 Å². The van der Waals surface area contributed by atoms with Gasteiger partial charge in [-0.3, -0.25) is 19.7 Å². The molecule has 0 aromatic carbocycles. The van der Waals surface area contributed by atoms with Crippen LogP contribution in [0.4, 0.5) is 0 Å². The minimum atomic E-state index is 0.129. The van der Waals surface area contributed by atoms with Gasteiger partial charge in [0, 0.05) is 43.9 Å². The smallest absolute Gasteiger partial charge is 0.222 e. The summed E-state index contributed by atoms with van der Waals surface area (Å²) in [7, 11) is 0. The van der Waals surface area contributed by atoms with Crippen molar-refractivity contribution in [1.82, 2.24) is 19.9 Å². The Kier molecular flexibility index (Phi) is 6.45. The van der Waals surface area contributed by atoms with E-state index in [-0.39, 0.29) is 11.9 Å². The first-order valence-electron chi connectivity index (χ1n) is 8.84. The predicted molar refractivity (Wildman–Crippen MR) is 93.8 cm³/mol. The van der Waals surface area contributed by atoms with Crippen molar-refractivity contribution in [2.75, 3.05) is 19.8 Å². The Labute approximate surface area is 148 Å². The first-order valence-corrected chi connectivity index (χ1v) is 8.84. The summed E-state index contributed by atoms with van der Waals surface area (Å²) < 4.78 is 5.59. The second-order valence-corrected chi connectivity index (χ2v) is 6.26. The molecular weight excluding hydrogens is 316 g/mol. The summed E-state index contributed by atoms with van der Waals surface area (Å²) in [6, 6.07) is 4.13. The van der Waals surface area contributed by atoms with Crippen LogP contribution >= 0.6 is 0 Å². The van der Waals surface area contributed by atoms with E-state index < -0.39 is 0 Å². The zero-order valence-corrected chi connectivity index (χ0v) is 14.4. The van der Waals surface area contributed by atoms with Gasteiger partial charge in [0.1, 0.15) is 0 Å². The highest BCUT2D eigenvalue weighted by molar-refractivity contribution is 5.76. The second-order valence-electron chi connectivity index (χ2n) is 6.26. The van der Waals surface area contributed by atoms with Gasteiger partial charge in [0.15, 0.2) is 0 Å². The lowest BCUT2D eigenvalue weighted by Gasteiger charge is -2.35. The fourth-order valence-electron chi connectivity index (χ4n) is 3.13. The molecule has 1 amide bonds. The van der Waals surface area contributed by atoms with E-state index >= 15 is 0 Å². The molecule has 0 saturated carbocycles. The quantitative estimate of drug-likeness (QED) is 0.772. The van der Waals surface area contributed by atoms with Gasteiger partial charge in [0.25, 0.3) is 0 Å². The first-order chi connectivity index (χ1) is 12.3. The molecule has 0 radical (unpaired) electrons. The van der Waals surface area contributed by atoms with Crippen LogP contribution in [0.15, 0.2) is 43.1 Å². The molecule has 1 atom stereocenters. The molecule has 1 aliphatic heterocycles. The molecule has 0 spiro atoms. The SMILES string of the molecule is O=C(CCCc1ccncc1)N1CCOC[C@@H]1CCc1cnccn1. The summed E-state index contributed by atoms with van der Waals surface area (Å²) >= 11 is 0. The van der Waals surface area contributed by atoms with Crippen LogP contribution in [0.25, 0.3) is 0 Å². The maximum Gasteiger partial charge on any atom is 0.222 e. The monoisotopic (exact) mass is 340 g/mol. The maximum absolute atomic E-state index is 12.6. The zero-order chi connectivity index (χ0) is 17.3. The topological polar surface area (TPSA) is 68.2 Å². The van der Waals surface area contributed by atoms with Crippen molar-refractivity contribution in [3.63, 3.8) is 0 Å². The molecule has 1 saturated heterocycles. The number of nitrogens with zero attached hydrogens (tertiary/aromatic N) is 4. The Morgan fingerprint density at radius 1 is 1.16 bits per heavy atom. The Hall–Kier alpha value is -2.34. The molecule has 132 valence electrons. The van der Waals surface area contributed by atoms with E-state index in [0.29, 0.717) is 26.2 Å². The fraction of sp³-hybridized carbons (Fsp3) is 0.474. The van der Waals surface area contributed by atoms with Crippen molar-refractivity contribution in [2.24, 2.45) is 0 Å². The first kappa shape index (κ1) is 17.5. The lowest BCUT2D eigenvalue weighted by molar-refractivity contribution is -0.140. The number of aryl methyl sites for hydroxylation is 2. The van der Waals surface area contributed by atoms with Gasteiger partial charge >= 0.3 is 0 Å². The molecule has 1 aliphatic rings. The fourth-order valence-corrected chi connectivity index (χ4v) is 3.13. The van der Waals surface area contributed by atoms with Crippen molar-refractivity contribution in [1.29, 1.82) is 0 Å². The van der Waals surface area contributed by atoms with Crippen LogP contribution in [0, 0.1) is 0 Å². The van der Waals surface area contributed by atoms with E-state index in [1.54, 1.807) is 31.0 Å². The number of morpholine rings is 1. The third kappa shape index (κ3) is 5.32. The number of carbonyl (C=O) groups is 1. The molecule has 3 heterocycles. The molecule has 0 bridgehead atoms. The Morgan fingerprint density at radius 2 is 2.04 bits per heavy atom. The highest BCUT2D eigenvalue weighted by atomic mass is 16.5. The van der Waals surface area contributed by atoms with E-state index in [2.05, 4.69) is 15.0 Å². The third-order valence-corrected chi connectivity index (χ3v) is 4.50. The van der Waals surface area contributed by atoms with Crippen LogP contribution in [0.2, 0.25) is 0 Å². The average Bonchev–Trinajstić information content (AvgIpc) is 2.68. The van der Waals surface area contributed by atoms with Crippen LogP contribution in [0.3, 0.4) is 0 Å². The third-order valence-electron chi connectivity index (χ3n) is 4.50. The zero-order valence-electron chi connectivity index (χ0n) is 14.4. The van der Waals surface area contributed by atoms with Crippen molar-refractivity contribution in [2.45, 2.75) is 38.1 Å². The van der Waals surface area contributed by atoms with Gasteiger partial charge in [-0.15, -0.1) is 0 Å². The highest BCUT2D eigenvalue weighted by Gasteiger charge is 2.26. The normalized spacial score (nSPS) is 17.4. The molecular formula is C19H24N4O2. The Bertz CT molecular complexity index is 651. The minimum Gasteiger partial charge on any atom is -0.377 e. The number of carbonyl (C=O) groups excluding carboxylic acids is 1. The Morgan fingerprint density at radius 3 is 2.84 bits per heavy atom. The maximum atomic E-state index is 12.6. The van der Waals surface area contributed by atoms with Gasteiger partial charge in [-0.1, -0.05) is 0 Å². The predicted octanol–water partition coefficient (Wildman–Crippen LogP) is 2.05. The molecule has 0 unspecified atom stereocenters. The number of ether oxygens (including phenoxy) is 1. The summed E-state index contributed by atoms with van der Waals surface area (Å²) in [6.45, 7) is 1.91. The minimum absolute atomic E-state index is 0.129. The van der Waals surface area contributed by atoms with E-state index in [1.807, 2.05) is 17.0 Å². The molecule has 25 heavy (non-hydrogen) atoms. The van der Waals surface area contributed by atoms with Crippen molar-refractivity contribution in [3.8, 4) is 0 Å². The van der Waals surface area contributed by atoms with Gasteiger partial charge in [0.2, 0.25) is 5.91 Å². The van der Waals surface area contributed by atoms with Gasteiger partial charge in [-0.25, -0.2) is 0 Å². The number of aromatic nitrogens is 3. The molecule has 0 N–H and O–H groups in total. The highest BCUT2D eigenvalue weighted by Crippen LogP contribution is 2.16. The number of pyridine rings is 1. The van der Waals surface area contributed by atoms with Crippen molar-refractivity contribution < 1.29 is 9.53 Å². The second kappa shape index (κ2) is 9.22. The summed E-state index contributed by atoms with van der Waals surface area (Å²) in [6.07, 6.45) is 12.7. The van der Waals surface area contributed by atoms with Gasteiger partial charge in [-0.2, -0.15) is 0 Å². The van der Waals surface area contributed by atoms with Gasteiger partial charge in [0.05, 0.1) is 24.9 Å². The lowest BCUT2D eigenvalue weighted by atomic mass is 10.1. The molecule has 6 nitrogen and oxygen atoms in total. The Balaban J connectivity index is 1.48. The lowest BCUT2D eigenvalue weighted by Crippen LogP contribution is -2.48. The number of hydrogen-bond donors (Lipinski definition) is 0. The summed E-state index contributed by atoms with van der Waals surface area (Å²) in [5.41, 5.74) is 2.18. The van der Waals surface area contributed by atoms with Gasteiger partial charge in [-0.05, 0) is 43.4 Å². The van der Waals surface area contributed by atoms with Crippen LogP contribution in [-0.4, -0.2) is 51.6 Å².